The number of rotatable bonds is 0. The van der Waals surface area contributed by atoms with E-state index >= 15 is 0 Å². The molecule has 5 heteroatoms. The summed E-state index contributed by atoms with van der Waals surface area (Å²) in [6, 6.07) is 0. The van der Waals surface area contributed by atoms with Crippen LogP contribution in [0.1, 0.15) is 0 Å². The van der Waals surface area contributed by atoms with Crippen LogP contribution in [0.4, 0.5) is 4.79 Å². The summed E-state index contributed by atoms with van der Waals surface area (Å²) in [4.78, 5) is 10.1. The average Bonchev–Trinajstić information content (AvgIpc) is 1.69. The molecule has 8 heavy (non-hydrogen) atoms. The molecule has 1 rings (SSSR count). The predicted molar refractivity (Wildman–Crippen MR) is 32.6 cm³/mol. The van der Waals surface area contributed by atoms with Crippen molar-refractivity contribution in [3.8, 4) is 0 Å². The van der Waals surface area contributed by atoms with Crippen molar-refractivity contribution in [2.45, 2.75) is 0 Å². The number of cyclic esters (lactones) is 1. The quantitative estimate of drug-likeness (QED) is 0.357. The summed E-state index contributed by atoms with van der Waals surface area (Å²) >= 11 is 0. The Labute approximate surface area is 70.4 Å². The van der Waals surface area contributed by atoms with Gasteiger partial charge in [-0.15, -0.1) is 0 Å². The van der Waals surface area contributed by atoms with E-state index in [0.717, 1.165) is 0 Å². The molecule has 3 nitrogen and oxygen atoms in total. The number of hydrogen-bond acceptors (Lipinski definition) is 3. The van der Waals surface area contributed by atoms with Crippen molar-refractivity contribution < 1.29 is 14.3 Å². The second-order valence-electron chi connectivity index (χ2n) is 0.929. The zero-order valence-electron chi connectivity index (χ0n) is 3.46. The zero-order valence-corrected chi connectivity index (χ0v) is 4.35. The normalized spacial score (nSPS) is 18.8. The SMILES string of the molecule is O=C1OCOC=P1.[NaH]. The fourth-order valence-electron chi connectivity index (χ4n) is 0.232. The van der Waals surface area contributed by atoms with Gasteiger partial charge >= 0.3 is 35.3 Å². The molecule has 0 saturated carbocycles. The zero-order chi connectivity index (χ0) is 5.11. The van der Waals surface area contributed by atoms with Crippen LogP contribution >= 0.6 is 8.20 Å². The molecular formula is C3H4NaO3P. The third-order valence-corrected chi connectivity index (χ3v) is 1.08. The monoisotopic (exact) mass is 142 g/mol. The van der Waals surface area contributed by atoms with Crippen LogP contribution < -0.4 is 0 Å². The van der Waals surface area contributed by atoms with Gasteiger partial charge in [-0.3, -0.25) is 0 Å². The van der Waals surface area contributed by atoms with E-state index in [-0.39, 0.29) is 42.1 Å². The van der Waals surface area contributed by atoms with Gasteiger partial charge in [0.2, 0.25) is 0 Å². The van der Waals surface area contributed by atoms with Crippen LogP contribution in [-0.4, -0.2) is 48.0 Å². The van der Waals surface area contributed by atoms with Gasteiger partial charge in [-0.1, -0.05) is 0 Å². The van der Waals surface area contributed by atoms with Crippen LogP contribution in [0.2, 0.25) is 0 Å². The van der Waals surface area contributed by atoms with Gasteiger partial charge in [0.05, 0.1) is 5.98 Å². The van der Waals surface area contributed by atoms with Crippen molar-refractivity contribution in [2.75, 3.05) is 6.79 Å². The summed E-state index contributed by atoms with van der Waals surface area (Å²) in [6.07, 6.45) is 0. The van der Waals surface area contributed by atoms with Crippen molar-refractivity contribution in [1.82, 2.24) is 0 Å². The summed E-state index contributed by atoms with van der Waals surface area (Å²) in [5.41, 5.74) is -0.244. The molecule has 0 aromatic rings. The summed E-state index contributed by atoms with van der Waals surface area (Å²) in [6.45, 7) is 0.0752. The second kappa shape index (κ2) is 4.48. The van der Waals surface area contributed by atoms with Crippen molar-refractivity contribution in [3.05, 3.63) is 0 Å². The predicted octanol–water partition coefficient (Wildman–Crippen LogP) is 0.168. The third-order valence-electron chi connectivity index (χ3n) is 0.483. The fourth-order valence-corrected chi connectivity index (χ4v) is 0.581. The Morgan fingerprint density at radius 1 is 1.75 bits per heavy atom. The van der Waals surface area contributed by atoms with Gasteiger partial charge < -0.3 is 9.47 Å². The molecule has 0 amide bonds. The molecule has 0 atom stereocenters. The molecule has 0 spiro atoms. The van der Waals surface area contributed by atoms with Gasteiger partial charge in [-0.25, -0.2) is 4.79 Å². The van der Waals surface area contributed by atoms with Gasteiger partial charge in [0, 0.05) is 8.20 Å². The van der Waals surface area contributed by atoms with Crippen LogP contribution in [0.3, 0.4) is 0 Å². The Kier molecular flexibility index (Phi) is 4.81. The summed E-state index contributed by atoms with van der Waals surface area (Å²) in [5.74, 6) is 1.41. The van der Waals surface area contributed by atoms with E-state index in [1.807, 2.05) is 0 Å². The molecule has 0 bridgehead atoms. The van der Waals surface area contributed by atoms with Gasteiger partial charge in [0.15, 0.2) is 6.79 Å². The summed E-state index contributed by atoms with van der Waals surface area (Å²) < 4.78 is 8.93. The van der Waals surface area contributed by atoms with E-state index in [4.69, 9.17) is 0 Å². The molecule has 1 aliphatic rings. The van der Waals surface area contributed by atoms with E-state index in [0.29, 0.717) is 8.20 Å². The Morgan fingerprint density at radius 2 is 2.50 bits per heavy atom. The molecule has 0 aromatic heterocycles. The molecule has 0 radical (unpaired) electrons. The third kappa shape index (κ3) is 2.80. The first-order valence-corrected chi connectivity index (χ1v) is 2.67. The number of carbonyl (C=O) groups excluding carboxylic acids is 1. The molecular weight excluding hydrogens is 138 g/mol. The summed E-state index contributed by atoms with van der Waals surface area (Å²) in [7, 11) is 0.488. The molecule has 0 N–H and O–H groups in total. The minimum absolute atomic E-state index is 0. The molecule has 0 saturated heterocycles. The first-order chi connectivity index (χ1) is 3.39. The number of hydrogen-bond donors (Lipinski definition) is 0. The first kappa shape index (κ1) is 8.60. The molecule has 40 valence electrons. The van der Waals surface area contributed by atoms with Gasteiger partial charge in [-0.2, -0.15) is 0 Å². The van der Waals surface area contributed by atoms with Crippen LogP contribution in [0.5, 0.6) is 0 Å². The summed E-state index contributed by atoms with van der Waals surface area (Å²) in [5, 5.41) is 0. The van der Waals surface area contributed by atoms with Gasteiger partial charge in [0.1, 0.15) is 0 Å². The van der Waals surface area contributed by atoms with Crippen molar-refractivity contribution >= 4 is 49.5 Å². The van der Waals surface area contributed by atoms with Crippen molar-refractivity contribution in [3.63, 3.8) is 0 Å². The molecule has 0 unspecified atom stereocenters. The van der Waals surface area contributed by atoms with Crippen LogP contribution in [-0.2, 0) is 9.47 Å². The van der Waals surface area contributed by atoms with Crippen LogP contribution in [0.15, 0.2) is 0 Å². The Hall–Kier alpha value is 0.600. The average molecular weight is 142 g/mol. The van der Waals surface area contributed by atoms with Crippen molar-refractivity contribution in [1.29, 1.82) is 0 Å². The first-order valence-electron chi connectivity index (χ1n) is 1.70. The van der Waals surface area contributed by atoms with E-state index in [2.05, 4.69) is 9.47 Å². The van der Waals surface area contributed by atoms with E-state index in [1.165, 1.54) is 5.98 Å². The van der Waals surface area contributed by atoms with Gasteiger partial charge in [-0.05, 0) is 0 Å². The fraction of sp³-hybridized carbons (Fsp3) is 0.333. The Bertz CT molecular complexity index is 113. The van der Waals surface area contributed by atoms with E-state index < -0.39 is 0 Å². The van der Waals surface area contributed by atoms with Gasteiger partial charge in [0.25, 0.3) is 0 Å². The number of carbonyl (C=O) groups is 1. The number of ether oxygens (including phenoxy) is 2. The Balaban J connectivity index is 0.000000490. The molecule has 1 heterocycles. The second-order valence-corrected chi connectivity index (χ2v) is 1.76. The molecule has 0 aromatic carbocycles. The molecule has 0 aliphatic carbocycles. The van der Waals surface area contributed by atoms with Crippen LogP contribution in [0.25, 0.3) is 0 Å². The standard InChI is InChI=1S/C3H3O3P.Na.H/c4-3-6-1-5-2-7-3;;/h2H,1H2;;. The maximum absolute atomic E-state index is 10.1. The minimum atomic E-state index is -0.244. The van der Waals surface area contributed by atoms with E-state index in [1.54, 1.807) is 0 Å². The molecule has 0 fully saturated rings. The van der Waals surface area contributed by atoms with Crippen molar-refractivity contribution in [2.24, 2.45) is 0 Å². The maximum atomic E-state index is 10.1. The Morgan fingerprint density at radius 3 is 2.75 bits per heavy atom. The topological polar surface area (TPSA) is 35.5 Å². The molecule has 1 aliphatic heterocycles. The van der Waals surface area contributed by atoms with Crippen LogP contribution in [0, 0.1) is 0 Å². The van der Waals surface area contributed by atoms with E-state index in [9.17, 15) is 4.79 Å².